The van der Waals surface area contributed by atoms with Gasteiger partial charge in [0.25, 0.3) is 0 Å². The number of halogens is 2. The Bertz CT molecular complexity index is 648. The van der Waals surface area contributed by atoms with E-state index >= 15 is 0 Å². The molecule has 1 aromatic carbocycles. The van der Waals surface area contributed by atoms with Crippen molar-refractivity contribution in [3.05, 3.63) is 33.0 Å². The predicted molar refractivity (Wildman–Crippen MR) is 71.7 cm³/mol. The lowest BCUT2D eigenvalue weighted by Gasteiger charge is -2.12. The lowest BCUT2D eigenvalue weighted by atomic mass is 10.0. The summed E-state index contributed by atoms with van der Waals surface area (Å²) in [6, 6.07) is 1.69. The molecule has 5 heteroatoms. The summed E-state index contributed by atoms with van der Waals surface area (Å²) in [7, 11) is 2.01. The third-order valence-electron chi connectivity index (χ3n) is 3.38. The summed E-state index contributed by atoms with van der Waals surface area (Å²) >= 11 is 12.4. The molecule has 0 spiro atoms. The number of rotatable bonds is 1. The minimum Gasteiger partial charge on any atom is -0.451 e. The Kier molecular flexibility index (Phi) is 2.85. The van der Waals surface area contributed by atoms with Crippen molar-refractivity contribution in [3.8, 4) is 0 Å². The van der Waals surface area contributed by atoms with Crippen LogP contribution in [0, 0.1) is 0 Å². The van der Waals surface area contributed by atoms with Crippen molar-refractivity contribution in [1.82, 2.24) is 4.90 Å². The van der Waals surface area contributed by atoms with Crippen LogP contribution in [-0.2, 0) is 13.0 Å². The van der Waals surface area contributed by atoms with E-state index in [1.807, 2.05) is 7.05 Å². The van der Waals surface area contributed by atoms with E-state index in [4.69, 9.17) is 27.6 Å². The molecule has 1 aliphatic rings. The van der Waals surface area contributed by atoms with Crippen molar-refractivity contribution >= 4 is 40.5 Å². The zero-order chi connectivity index (χ0) is 12.9. The lowest BCUT2D eigenvalue weighted by Crippen LogP contribution is -2.19. The number of likely N-dealkylation sites (N-methyl/N-ethyl adjacent to an activating group) is 1. The van der Waals surface area contributed by atoms with E-state index in [1.54, 1.807) is 6.07 Å². The molecule has 0 bridgehead atoms. The number of furan rings is 1. The first-order valence-electron chi connectivity index (χ1n) is 5.67. The molecule has 0 saturated carbocycles. The maximum absolute atomic E-state index is 11.1. The molecule has 0 N–H and O–H groups in total. The summed E-state index contributed by atoms with van der Waals surface area (Å²) in [5.74, 6) is 0.351. The fourth-order valence-electron chi connectivity index (χ4n) is 2.50. The van der Waals surface area contributed by atoms with Gasteiger partial charge in [-0.15, -0.1) is 0 Å². The van der Waals surface area contributed by atoms with Crippen LogP contribution in [0.2, 0.25) is 10.0 Å². The number of nitrogens with zero attached hydrogens (tertiary/aromatic N) is 1. The second kappa shape index (κ2) is 4.26. The molecule has 0 aliphatic carbocycles. The average molecular weight is 284 g/mol. The predicted octanol–water partition coefficient (Wildman–Crippen LogP) is 3.54. The van der Waals surface area contributed by atoms with Gasteiger partial charge in [0, 0.05) is 29.1 Å². The number of carbonyl (C=O) groups is 1. The molecule has 3 nitrogen and oxygen atoms in total. The van der Waals surface area contributed by atoms with Gasteiger partial charge >= 0.3 is 0 Å². The molecule has 2 heterocycles. The fourth-order valence-corrected chi connectivity index (χ4v) is 3.10. The van der Waals surface area contributed by atoms with Gasteiger partial charge in [-0.2, -0.15) is 0 Å². The first-order chi connectivity index (χ1) is 8.61. The Morgan fingerprint density at radius 1 is 1.33 bits per heavy atom. The normalized spacial score (nSPS) is 15.9. The Morgan fingerprint density at radius 2 is 2.11 bits per heavy atom. The molecule has 2 aromatic rings. The second-order valence-electron chi connectivity index (χ2n) is 4.57. The first kappa shape index (κ1) is 12.0. The van der Waals surface area contributed by atoms with Crippen LogP contribution < -0.4 is 0 Å². The summed E-state index contributed by atoms with van der Waals surface area (Å²) in [5.41, 5.74) is 2.48. The molecule has 0 fully saturated rings. The number of carbonyl (C=O) groups excluding carboxylic acids is 1. The molecule has 0 radical (unpaired) electrons. The van der Waals surface area contributed by atoms with E-state index in [-0.39, 0.29) is 0 Å². The van der Waals surface area contributed by atoms with Crippen LogP contribution in [0.15, 0.2) is 10.5 Å². The summed E-state index contributed by atoms with van der Waals surface area (Å²) in [5, 5.41) is 2.01. The number of hydrogen-bond acceptors (Lipinski definition) is 3. The highest BCUT2D eigenvalue weighted by Crippen LogP contribution is 2.39. The summed E-state index contributed by atoms with van der Waals surface area (Å²) in [4.78, 5) is 13.3. The van der Waals surface area contributed by atoms with E-state index in [9.17, 15) is 4.79 Å². The molecule has 0 saturated heterocycles. The number of hydrogen-bond donors (Lipinski definition) is 0. The summed E-state index contributed by atoms with van der Waals surface area (Å²) < 4.78 is 5.56. The van der Waals surface area contributed by atoms with Crippen molar-refractivity contribution in [2.24, 2.45) is 0 Å². The molecule has 0 unspecified atom stereocenters. The van der Waals surface area contributed by atoms with Crippen molar-refractivity contribution < 1.29 is 9.21 Å². The van der Waals surface area contributed by atoms with Crippen LogP contribution in [0.5, 0.6) is 0 Å². The SMILES string of the molecule is CN1CCc2c(Cl)cc(Cl)c3oc(C=O)c(c23)C1. The first-order valence-corrected chi connectivity index (χ1v) is 6.43. The van der Waals surface area contributed by atoms with Crippen LogP contribution in [-0.4, -0.2) is 24.8 Å². The van der Waals surface area contributed by atoms with Gasteiger partial charge in [0.1, 0.15) is 0 Å². The molecular formula is C13H11Cl2NO2. The minimum absolute atomic E-state index is 0.351. The Morgan fingerprint density at radius 3 is 2.83 bits per heavy atom. The van der Waals surface area contributed by atoms with Gasteiger partial charge in [-0.3, -0.25) is 4.79 Å². The van der Waals surface area contributed by atoms with Crippen molar-refractivity contribution in [3.63, 3.8) is 0 Å². The Hall–Kier alpha value is -1.03. The monoisotopic (exact) mass is 283 g/mol. The van der Waals surface area contributed by atoms with Crippen LogP contribution in [0.1, 0.15) is 21.7 Å². The third kappa shape index (κ3) is 1.66. The van der Waals surface area contributed by atoms with Crippen LogP contribution >= 0.6 is 23.2 Å². The molecule has 1 aliphatic heterocycles. The minimum atomic E-state index is 0.351. The molecular weight excluding hydrogens is 273 g/mol. The smallest absolute Gasteiger partial charge is 0.185 e. The highest BCUT2D eigenvalue weighted by molar-refractivity contribution is 6.39. The van der Waals surface area contributed by atoms with E-state index in [0.29, 0.717) is 27.9 Å². The van der Waals surface area contributed by atoms with Crippen molar-refractivity contribution in [1.29, 1.82) is 0 Å². The Labute approximate surface area is 114 Å². The number of benzene rings is 1. The molecule has 94 valence electrons. The molecule has 0 atom stereocenters. The van der Waals surface area contributed by atoms with E-state index in [0.717, 1.165) is 35.8 Å². The maximum atomic E-state index is 11.1. The van der Waals surface area contributed by atoms with Gasteiger partial charge in [0.2, 0.25) is 0 Å². The maximum Gasteiger partial charge on any atom is 0.185 e. The van der Waals surface area contributed by atoms with Crippen LogP contribution in [0.4, 0.5) is 0 Å². The quantitative estimate of drug-likeness (QED) is 0.751. The largest absolute Gasteiger partial charge is 0.451 e. The van der Waals surface area contributed by atoms with Gasteiger partial charge in [-0.05, 0) is 25.1 Å². The van der Waals surface area contributed by atoms with Gasteiger partial charge in [0.15, 0.2) is 17.6 Å². The van der Waals surface area contributed by atoms with Gasteiger partial charge in [0.05, 0.1) is 5.02 Å². The topological polar surface area (TPSA) is 33.5 Å². The number of aldehydes is 1. The lowest BCUT2D eigenvalue weighted by molar-refractivity contribution is 0.110. The highest BCUT2D eigenvalue weighted by Gasteiger charge is 2.24. The van der Waals surface area contributed by atoms with E-state index in [1.165, 1.54) is 0 Å². The Balaban J connectivity index is 2.44. The van der Waals surface area contributed by atoms with Gasteiger partial charge < -0.3 is 9.32 Å². The summed E-state index contributed by atoms with van der Waals surface area (Å²) in [6.07, 6.45) is 1.57. The molecule has 18 heavy (non-hydrogen) atoms. The fraction of sp³-hybridized carbons (Fsp3) is 0.308. The van der Waals surface area contributed by atoms with E-state index < -0.39 is 0 Å². The highest BCUT2D eigenvalue weighted by atomic mass is 35.5. The second-order valence-corrected chi connectivity index (χ2v) is 5.39. The van der Waals surface area contributed by atoms with Crippen LogP contribution in [0.25, 0.3) is 11.0 Å². The third-order valence-corrected chi connectivity index (χ3v) is 4.00. The van der Waals surface area contributed by atoms with Crippen LogP contribution in [0.3, 0.4) is 0 Å². The molecule has 0 amide bonds. The standard InChI is InChI=1S/C13H11Cl2NO2/c1-16-3-2-7-9(14)4-10(15)13-12(7)8(5-16)11(6-17)18-13/h4,6H,2-3,5H2,1H3. The van der Waals surface area contributed by atoms with Gasteiger partial charge in [-0.1, -0.05) is 23.2 Å². The molecule has 1 aromatic heterocycles. The van der Waals surface area contributed by atoms with Crippen molar-refractivity contribution in [2.75, 3.05) is 13.6 Å². The van der Waals surface area contributed by atoms with Crippen molar-refractivity contribution in [2.45, 2.75) is 13.0 Å². The van der Waals surface area contributed by atoms with Gasteiger partial charge in [-0.25, -0.2) is 0 Å². The zero-order valence-corrected chi connectivity index (χ0v) is 11.3. The molecule has 3 rings (SSSR count). The zero-order valence-electron chi connectivity index (χ0n) is 9.80. The van der Waals surface area contributed by atoms with E-state index in [2.05, 4.69) is 4.90 Å². The summed E-state index contributed by atoms with van der Waals surface area (Å²) in [6.45, 7) is 1.56. The average Bonchev–Trinajstić information content (AvgIpc) is 2.59.